The maximum Gasteiger partial charge on any atom is 0.147 e. The third-order valence-corrected chi connectivity index (χ3v) is 7.58. The van der Waals surface area contributed by atoms with Gasteiger partial charge in [-0.1, -0.05) is 21.5 Å². The molecule has 0 aromatic rings. The smallest absolute Gasteiger partial charge is 0.147 e. The molecule has 0 bridgehead atoms. The Morgan fingerprint density at radius 3 is 2.76 bits per heavy atom. The first-order chi connectivity index (χ1) is 12.1. The Bertz CT molecular complexity index is 590. The molecule has 4 aliphatic rings. The number of fused-ring (bicyclic) bond motifs is 1. The van der Waals surface area contributed by atoms with Crippen LogP contribution in [0.4, 0.5) is 0 Å². The lowest BCUT2D eigenvalue weighted by Crippen LogP contribution is -2.47. The van der Waals surface area contributed by atoms with Gasteiger partial charge in [-0.05, 0) is 37.7 Å². The van der Waals surface area contributed by atoms with Crippen molar-refractivity contribution in [1.29, 1.82) is 0 Å². The summed E-state index contributed by atoms with van der Waals surface area (Å²) in [5, 5.41) is 10.2. The maximum absolute atomic E-state index is 10.2. The van der Waals surface area contributed by atoms with Gasteiger partial charge in [0.1, 0.15) is 18.3 Å². The predicted octanol–water partition coefficient (Wildman–Crippen LogP) is 3.50. The molecule has 2 aliphatic heterocycles. The van der Waals surface area contributed by atoms with Crippen molar-refractivity contribution in [2.75, 3.05) is 27.0 Å². The average molecular weight is 414 g/mol. The van der Waals surface area contributed by atoms with Gasteiger partial charge in [-0.15, -0.1) is 0 Å². The predicted molar refractivity (Wildman–Crippen MR) is 98.6 cm³/mol. The first-order valence-electron chi connectivity index (χ1n) is 9.34. The zero-order chi connectivity index (χ0) is 17.6. The van der Waals surface area contributed by atoms with Gasteiger partial charge in [0, 0.05) is 36.8 Å². The second kappa shape index (κ2) is 7.22. The van der Waals surface area contributed by atoms with E-state index in [1.165, 1.54) is 11.1 Å². The lowest BCUT2D eigenvalue weighted by molar-refractivity contribution is 0.0377. The van der Waals surface area contributed by atoms with Crippen LogP contribution in [0.25, 0.3) is 0 Å². The van der Waals surface area contributed by atoms with E-state index in [9.17, 15) is 5.11 Å². The molecule has 0 aromatic carbocycles. The summed E-state index contributed by atoms with van der Waals surface area (Å²) < 4.78 is 16.8. The standard InChI is InChI=1S/C19H28BrNO4/c1-11-14-7-16(22)17(23-2)5-12(14)3-4-21(11)9-13-6-18-19(8-15(13)20)25-10-24-18/h11,13,15,18-19,22H,3-10H2,1-2H3. The van der Waals surface area contributed by atoms with Gasteiger partial charge in [0.05, 0.1) is 19.3 Å². The van der Waals surface area contributed by atoms with Crippen LogP contribution in [0.2, 0.25) is 0 Å². The molecular formula is C19H28BrNO4. The SMILES string of the molecule is COC1=C(O)CC2=C(CCN(CC3CC4OCOC4CC3Br)C2C)C1. The van der Waals surface area contributed by atoms with Crippen LogP contribution in [-0.2, 0) is 14.2 Å². The molecule has 1 saturated carbocycles. The Hall–Kier alpha value is -0.560. The minimum absolute atomic E-state index is 0.264. The molecule has 5 unspecified atom stereocenters. The van der Waals surface area contributed by atoms with Crippen molar-refractivity contribution in [2.45, 2.75) is 62.1 Å². The zero-order valence-corrected chi connectivity index (χ0v) is 16.6. The molecule has 0 aromatic heterocycles. The summed E-state index contributed by atoms with van der Waals surface area (Å²) in [6.45, 7) is 4.89. The zero-order valence-electron chi connectivity index (χ0n) is 15.0. The van der Waals surface area contributed by atoms with Gasteiger partial charge < -0.3 is 19.3 Å². The molecule has 4 rings (SSSR count). The van der Waals surface area contributed by atoms with E-state index in [4.69, 9.17) is 14.2 Å². The van der Waals surface area contributed by atoms with Crippen LogP contribution in [0.15, 0.2) is 22.7 Å². The Morgan fingerprint density at radius 2 is 2.00 bits per heavy atom. The number of rotatable bonds is 3. The van der Waals surface area contributed by atoms with Crippen LogP contribution in [0.3, 0.4) is 0 Å². The molecule has 140 valence electrons. The summed E-state index contributed by atoms with van der Waals surface area (Å²) in [6.07, 6.45) is 5.11. The average Bonchev–Trinajstić information content (AvgIpc) is 3.04. The van der Waals surface area contributed by atoms with Gasteiger partial charge in [-0.3, -0.25) is 4.90 Å². The Kier molecular flexibility index (Phi) is 5.15. The number of hydrogen-bond acceptors (Lipinski definition) is 5. The molecule has 6 heteroatoms. The number of ether oxygens (including phenoxy) is 3. The highest BCUT2D eigenvalue weighted by Gasteiger charge is 2.42. The highest BCUT2D eigenvalue weighted by molar-refractivity contribution is 9.09. The van der Waals surface area contributed by atoms with Gasteiger partial charge in [-0.2, -0.15) is 0 Å². The highest BCUT2D eigenvalue weighted by Crippen LogP contribution is 2.40. The largest absolute Gasteiger partial charge is 0.508 e. The number of methoxy groups -OCH3 is 1. The van der Waals surface area contributed by atoms with Crippen LogP contribution in [0.1, 0.15) is 39.0 Å². The van der Waals surface area contributed by atoms with Gasteiger partial charge >= 0.3 is 0 Å². The van der Waals surface area contributed by atoms with Crippen LogP contribution in [0.5, 0.6) is 0 Å². The van der Waals surface area contributed by atoms with Gasteiger partial charge in [-0.25, -0.2) is 0 Å². The van der Waals surface area contributed by atoms with E-state index in [1.54, 1.807) is 7.11 Å². The minimum atomic E-state index is 0.264. The van der Waals surface area contributed by atoms with Gasteiger partial charge in [0.25, 0.3) is 0 Å². The van der Waals surface area contributed by atoms with Crippen LogP contribution >= 0.6 is 15.9 Å². The molecule has 2 fully saturated rings. The summed E-state index contributed by atoms with van der Waals surface area (Å²) >= 11 is 3.90. The lowest BCUT2D eigenvalue weighted by Gasteiger charge is -2.43. The van der Waals surface area contributed by atoms with E-state index in [2.05, 4.69) is 27.8 Å². The summed E-state index contributed by atoms with van der Waals surface area (Å²) in [5.41, 5.74) is 2.86. The molecule has 0 radical (unpaired) electrons. The van der Waals surface area contributed by atoms with E-state index in [0.717, 1.165) is 44.5 Å². The molecule has 1 N–H and O–H groups in total. The molecule has 2 aliphatic carbocycles. The third kappa shape index (κ3) is 3.38. The molecule has 25 heavy (non-hydrogen) atoms. The highest BCUT2D eigenvalue weighted by atomic mass is 79.9. The van der Waals surface area contributed by atoms with Crippen LogP contribution in [0, 0.1) is 5.92 Å². The monoisotopic (exact) mass is 413 g/mol. The quantitative estimate of drug-likeness (QED) is 0.566. The van der Waals surface area contributed by atoms with E-state index in [-0.39, 0.29) is 12.2 Å². The van der Waals surface area contributed by atoms with Crippen molar-refractivity contribution in [3.63, 3.8) is 0 Å². The molecule has 5 nitrogen and oxygen atoms in total. The number of nitrogens with zero attached hydrogens (tertiary/aromatic N) is 1. The fourth-order valence-corrected chi connectivity index (χ4v) is 5.61. The first kappa shape index (κ1) is 17.8. The van der Waals surface area contributed by atoms with Crippen molar-refractivity contribution < 1.29 is 19.3 Å². The van der Waals surface area contributed by atoms with Crippen molar-refractivity contribution in [1.82, 2.24) is 4.90 Å². The number of alkyl halides is 1. The van der Waals surface area contributed by atoms with Crippen molar-refractivity contribution in [3.05, 3.63) is 22.7 Å². The molecule has 0 amide bonds. The van der Waals surface area contributed by atoms with Crippen molar-refractivity contribution in [2.24, 2.45) is 5.92 Å². The Labute approximate surface area is 158 Å². The van der Waals surface area contributed by atoms with Crippen molar-refractivity contribution in [3.8, 4) is 0 Å². The number of aliphatic hydroxyl groups is 1. The number of allylic oxidation sites excluding steroid dienone is 2. The van der Waals surface area contributed by atoms with E-state index in [0.29, 0.717) is 35.8 Å². The van der Waals surface area contributed by atoms with Crippen molar-refractivity contribution >= 4 is 15.9 Å². The summed E-state index contributed by atoms with van der Waals surface area (Å²) in [4.78, 5) is 3.07. The summed E-state index contributed by atoms with van der Waals surface area (Å²) in [6, 6.07) is 0.377. The topological polar surface area (TPSA) is 51.2 Å². The van der Waals surface area contributed by atoms with E-state index < -0.39 is 0 Å². The second-order valence-electron chi connectivity index (χ2n) is 7.75. The molecule has 2 heterocycles. The number of hydrogen-bond donors (Lipinski definition) is 1. The minimum Gasteiger partial charge on any atom is -0.508 e. The fourth-order valence-electron chi connectivity index (χ4n) is 4.86. The van der Waals surface area contributed by atoms with E-state index in [1.807, 2.05) is 0 Å². The van der Waals surface area contributed by atoms with Crippen LogP contribution in [-0.4, -0.2) is 60.1 Å². The second-order valence-corrected chi connectivity index (χ2v) is 8.93. The lowest BCUT2D eigenvalue weighted by atomic mass is 9.82. The van der Waals surface area contributed by atoms with E-state index >= 15 is 0 Å². The summed E-state index contributed by atoms with van der Waals surface area (Å²) in [7, 11) is 1.65. The fraction of sp³-hybridized carbons (Fsp3) is 0.789. The Morgan fingerprint density at radius 1 is 1.24 bits per heavy atom. The normalized spacial score (nSPS) is 39.4. The molecule has 0 spiro atoms. The van der Waals surface area contributed by atoms with Gasteiger partial charge in [0.2, 0.25) is 0 Å². The summed E-state index contributed by atoms with van der Waals surface area (Å²) in [5.74, 6) is 1.73. The Balaban J connectivity index is 1.42. The number of halogens is 1. The molecule has 5 atom stereocenters. The molecular weight excluding hydrogens is 386 g/mol. The first-order valence-corrected chi connectivity index (χ1v) is 10.3. The maximum atomic E-state index is 10.2. The number of aliphatic hydroxyl groups excluding tert-OH is 1. The molecule has 1 saturated heterocycles. The van der Waals surface area contributed by atoms with Crippen LogP contribution < -0.4 is 0 Å². The third-order valence-electron chi connectivity index (χ3n) is 6.46. The van der Waals surface area contributed by atoms with Gasteiger partial charge in [0.15, 0.2) is 0 Å².